The van der Waals surface area contributed by atoms with Crippen LogP contribution in [0, 0.1) is 0 Å². The van der Waals surface area contributed by atoms with Gasteiger partial charge < -0.3 is 10.4 Å². The maximum Gasteiger partial charge on any atom is 0.150 e. The van der Waals surface area contributed by atoms with Crippen molar-refractivity contribution in [3.63, 3.8) is 0 Å². The minimum Gasteiger partial charge on any atom is -0.508 e. The molecule has 23 heavy (non-hydrogen) atoms. The van der Waals surface area contributed by atoms with Gasteiger partial charge in [-0.25, -0.2) is 0 Å². The third-order valence-electron chi connectivity index (χ3n) is 3.88. The first-order valence-electron chi connectivity index (χ1n) is 7.50. The minimum atomic E-state index is 0.155. The van der Waals surface area contributed by atoms with Gasteiger partial charge in [0.1, 0.15) is 17.3 Å². The molecule has 3 N–H and O–H groups in total. The quantitative estimate of drug-likeness (QED) is 0.815. The monoisotopic (exact) mass is 304 g/mol. The number of fused-ring (bicyclic) bond motifs is 1. The zero-order valence-corrected chi connectivity index (χ0v) is 12.3. The zero-order chi connectivity index (χ0) is 15.6. The molecule has 2 unspecified atom stereocenters. The lowest BCUT2D eigenvalue weighted by Crippen LogP contribution is -2.33. The predicted molar refractivity (Wildman–Crippen MR) is 91.2 cm³/mol. The van der Waals surface area contributed by atoms with Crippen molar-refractivity contribution in [2.75, 3.05) is 0 Å². The number of hydrogen-bond donors (Lipinski definition) is 3. The van der Waals surface area contributed by atoms with E-state index in [1.54, 1.807) is 12.1 Å². The molecule has 0 amide bonds. The highest BCUT2D eigenvalue weighted by Crippen LogP contribution is 2.17. The van der Waals surface area contributed by atoms with Gasteiger partial charge in [0.15, 0.2) is 0 Å². The normalized spacial score (nSPS) is 22.2. The third kappa shape index (κ3) is 2.81. The molecule has 0 fully saturated rings. The molecule has 5 heteroatoms. The third-order valence-corrected chi connectivity index (χ3v) is 3.88. The summed E-state index contributed by atoms with van der Waals surface area (Å²) in [4.78, 5) is 4.65. The topological polar surface area (TPSA) is 73.3 Å². The number of aromatic hydroxyl groups is 1. The molecule has 2 atom stereocenters. The molecule has 0 bridgehead atoms. The lowest BCUT2D eigenvalue weighted by atomic mass is 10.1. The molecule has 0 saturated carbocycles. The highest BCUT2D eigenvalue weighted by molar-refractivity contribution is 5.99. The van der Waals surface area contributed by atoms with Gasteiger partial charge in [-0.3, -0.25) is 10.1 Å². The summed E-state index contributed by atoms with van der Waals surface area (Å²) >= 11 is 0. The Morgan fingerprint density at radius 2 is 1.87 bits per heavy atom. The number of allylic oxidation sites excluding steroid dienone is 2. The second-order valence-corrected chi connectivity index (χ2v) is 5.54. The summed E-state index contributed by atoms with van der Waals surface area (Å²) in [6, 6.07) is 9.39. The summed E-state index contributed by atoms with van der Waals surface area (Å²) in [5.41, 5.74) is 2.72. The maximum absolute atomic E-state index is 9.28. The number of aromatic nitrogens is 2. The molecule has 4 rings (SSSR count). The van der Waals surface area contributed by atoms with E-state index in [9.17, 15) is 5.11 Å². The van der Waals surface area contributed by atoms with Gasteiger partial charge >= 0.3 is 0 Å². The summed E-state index contributed by atoms with van der Waals surface area (Å²) < 4.78 is 0. The number of nitrogens with one attached hydrogen (secondary N) is 2. The van der Waals surface area contributed by atoms with Crippen molar-refractivity contribution in [1.82, 2.24) is 15.5 Å². The summed E-state index contributed by atoms with van der Waals surface area (Å²) in [5.74, 6) is 1.08. The Morgan fingerprint density at radius 1 is 1.04 bits per heavy atom. The molecule has 2 heterocycles. The Morgan fingerprint density at radius 3 is 2.70 bits per heavy atom. The van der Waals surface area contributed by atoms with E-state index in [0.29, 0.717) is 0 Å². The van der Waals surface area contributed by atoms with E-state index >= 15 is 0 Å². The van der Waals surface area contributed by atoms with Crippen molar-refractivity contribution >= 4 is 18.0 Å². The number of amidine groups is 1. The first kappa shape index (κ1) is 13.6. The van der Waals surface area contributed by atoms with Gasteiger partial charge in [0.25, 0.3) is 0 Å². The largest absolute Gasteiger partial charge is 0.508 e. The molecule has 5 nitrogen and oxygen atoms in total. The van der Waals surface area contributed by atoms with E-state index < -0.39 is 0 Å². The van der Waals surface area contributed by atoms with E-state index in [0.717, 1.165) is 22.8 Å². The predicted octanol–water partition coefficient (Wildman–Crippen LogP) is 2.50. The first-order chi connectivity index (χ1) is 11.3. The van der Waals surface area contributed by atoms with Crippen LogP contribution in [-0.2, 0) is 0 Å². The zero-order valence-electron chi connectivity index (χ0n) is 12.3. The van der Waals surface area contributed by atoms with Crippen molar-refractivity contribution in [1.29, 1.82) is 0 Å². The fourth-order valence-corrected chi connectivity index (χ4v) is 2.65. The lowest BCUT2D eigenvalue weighted by molar-refractivity contribution is 0.475. The van der Waals surface area contributed by atoms with Crippen molar-refractivity contribution in [3.05, 3.63) is 71.6 Å². The minimum absolute atomic E-state index is 0.155. The molecule has 2 aromatic rings. The summed E-state index contributed by atoms with van der Waals surface area (Å²) in [6.07, 6.45) is 12.2. The summed E-state index contributed by atoms with van der Waals surface area (Å²) in [5, 5.41) is 20.0. The van der Waals surface area contributed by atoms with Gasteiger partial charge in [-0.1, -0.05) is 42.5 Å². The van der Waals surface area contributed by atoms with Crippen LogP contribution in [0.3, 0.4) is 0 Å². The van der Waals surface area contributed by atoms with Crippen LogP contribution < -0.4 is 5.32 Å². The number of aliphatic imine (C=N–C) groups is 1. The number of phenols is 1. The molecular formula is C18H16N4O. The Kier molecular flexibility index (Phi) is 3.31. The maximum atomic E-state index is 9.28. The number of nitrogens with zero attached hydrogens (tertiary/aromatic N) is 2. The Balaban J connectivity index is 1.50. The molecule has 0 saturated heterocycles. The van der Waals surface area contributed by atoms with E-state index in [4.69, 9.17) is 0 Å². The summed E-state index contributed by atoms with van der Waals surface area (Å²) in [7, 11) is 0. The van der Waals surface area contributed by atoms with Crippen molar-refractivity contribution < 1.29 is 5.11 Å². The van der Waals surface area contributed by atoms with Gasteiger partial charge in [0, 0.05) is 0 Å². The standard InChI is InChI=1S/C18H16N4O/c23-14-9-6-12(7-10-14)5-8-13-11-17(22-21-13)18-19-15-3-1-2-4-16(15)20-18/h1-11,15-16,23H,(H,19,20)(H,21,22)/b8-5+. The van der Waals surface area contributed by atoms with Crippen LogP contribution in [0.25, 0.3) is 12.2 Å². The molecular weight excluding hydrogens is 288 g/mol. The van der Waals surface area contributed by atoms with Gasteiger partial charge in [-0.05, 0) is 29.8 Å². The molecule has 1 aromatic carbocycles. The molecule has 0 radical (unpaired) electrons. The van der Waals surface area contributed by atoms with Crippen molar-refractivity contribution in [2.45, 2.75) is 12.1 Å². The number of hydrogen-bond acceptors (Lipinski definition) is 4. The second kappa shape index (κ2) is 5.61. The van der Waals surface area contributed by atoms with Gasteiger partial charge in [0.05, 0.1) is 17.8 Å². The number of phenolic OH excluding ortho intramolecular Hbond substituents is 1. The SMILES string of the molecule is Oc1ccc(/C=C/c2cc(C3=NC4C=CC=CC4N3)n[nH]2)cc1. The molecule has 1 aliphatic carbocycles. The Labute approximate surface area is 133 Å². The number of H-pyrrole nitrogens is 1. The van der Waals surface area contributed by atoms with Gasteiger partial charge in [-0.15, -0.1) is 0 Å². The van der Waals surface area contributed by atoms with Gasteiger partial charge in [0.2, 0.25) is 0 Å². The fraction of sp³-hybridized carbons (Fsp3) is 0.111. The highest BCUT2D eigenvalue weighted by atomic mass is 16.3. The average Bonchev–Trinajstić information content (AvgIpc) is 3.21. The Hall–Kier alpha value is -3.08. The average molecular weight is 304 g/mol. The van der Waals surface area contributed by atoms with E-state index in [-0.39, 0.29) is 17.8 Å². The van der Waals surface area contributed by atoms with Crippen LogP contribution in [0.2, 0.25) is 0 Å². The molecule has 1 aliphatic heterocycles. The second-order valence-electron chi connectivity index (χ2n) is 5.54. The number of benzene rings is 1. The molecule has 0 spiro atoms. The van der Waals surface area contributed by atoms with E-state index in [1.165, 1.54) is 0 Å². The van der Waals surface area contributed by atoms with Crippen LogP contribution in [0.15, 0.2) is 59.6 Å². The van der Waals surface area contributed by atoms with E-state index in [2.05, 4.69) is 32.7 Å². The first-order valence-corrected chi connectivity index (χ1v) is 7.50. The lowest BCUT2D eigenvalue weighted by Gasteiger charge is -2.13. The number of rotatable bonds is 3. The molecule has 114 valence electrons. The molecule has 2 aliphatic rings. The van der Waals surface area contributed by atoms with Crippen LogP contribution in [0.1, 0.15) is 17.0 Å². The van der Waals surface area contributed by atoms with Crippen LogP contribution in [0.5, 0.6) is 5.75 Å². The smallest absolute Gasteiger partial charge is 0.150 e. The highest BCUT2D eigenvalue weighted by Gasteiger charge is 2.27. The van der Waals surface area contributed by atoms with Crippen molar-refractivity contribution in [3.8, 4) is 5.75 Å². The fourth-order valence-electron chi connectivity index (χ4n) is 2.65. The summed E-state index contributed by atoms with van der Waals surface area (Å²) in [6.45, 7) is 0. The number of aromatic amines is 1. The molecule has 1 aromatic heterocycles. The van der Waals surface area contributed by atoms with Crippen LogP contribution in [0.4, 0.5) is 0 Å². The van der Waals surface area contributed by atoms with Crippen LogP contribution >= 0.6 is 0 Å². The van der Waals surface area contributed by atoms with Crippen LogP contribution in [-0.4, -0.2) is 33.2 Å². The van der Waals surface area contributed by atoms with Crippen molar-refractivity contribution in [2.24, 2.45) is 4.99 Å². The van der Waals surface area contributed by atoms with Gasteiger partial charge in [-0.2, -0.15) is 5.10 Å². The van der Waals surface area contributed by atoms with E-state index in [1.807, 2.05) is 42.5 Å². The Bertz CT molecular complexity index is 827.